The third kappa shape index (κ3) is 11.7. The molecule has 0 amide bonds. The van der Waals surface area contributed by atoms with Crippen molar-refractivity contribution in [2.75, 3.05) is 13.6 Å². The van der Waals surface area contributed by atoms with Gasteiger partial charge in [0.15, 0.2) is 20.0 Å². The van der Waals surface area contributed by atoms with E-state index < -0.39 is 31.1 Å². The predicted octanol–water partition coefficient (Wildman–Crippen LogP) is 3.18. The third-order valence-electron chi connectivity index (χ3n) is 3.14. The monoisotopic (exact) mass is 462 g/mol. The molecule has 0 unspecified atom stereocenters. The third-order valence-corrected chi connectivity index (χ3v) is 5.88. The number of hydrogen-bond donors (Lipinski definition) is 1. The van der Waals surface area contributed by atoms with Gasteiger partial charge in [0.25, 0.3) is 0 Å². The lowest BCUT2D eigenvalue weighted by molar-refractivity contribution is -0.627. The van der Waals surface area contributed by atoms with Gasteiger partial charge < -0.3 is 9.44 Å². The summed E-state index contributed by atoms with van der Waals surface area (Å²) in [6.45, 7) is 8.83. The van der Waals surface area contributed by atoms with Crippen molar-refractivity contribution in [3.8, 4) is 0 Å². The van der Waals surface area contributed by atoms with Gasteiger partial charge in [-0.15, -0.1) is 13.2 Å². The van der Waals surface area contributed by atoms with E-state index in [1.165, 1.54) is 25.8 Å². The molecule has 0 heterocycles. The number of allylic oxidation sites excluding steroid dienone is 2. The van der Waals surface area contributed by atoms with Crippen molar-refractivity contribution in [2.24, 2.45) is 5.92 Å². The lowest BCUT2D eigenvalue weighted by Gasteiger charge is -2.22. The van der Waals surface area contributed by atoms with Crippen molar-refractivity contribution in [3.63, 3.8) is 0 Å². The molecule has 168 valence electrons. The number of hydrogen-bond acceptors (Lipinski definition) is 4. The van der Waals surface area contributed by atoms with Crippen molar-refractivity contribution >= 4 is 20.0 Å². The van der Waals surface area contributed by atoms with E-state index in [2.05, 4.69) is 25.5 Å². The topological polar surface area (TPSA) is 99.0 Å². The molecular weight excluding hydrogens is 438 g/mol. The molecule has 0 atom stereocenters. The maximum atomic E-state index is 11.4. The highest BCUT2D eigenvalue weighted by Gasteiger charge is 2.46. The number of sulfonamides is 2. The second-order valence-electron chi connectivity index (χ2n) is 5.52. The van der Waals surface area contributed by atoms with Crippen molar-refractivity contribution in [1.29, 1.82) is 0 Å². The Morgan fingerprint density at radius 1 is 0.893 bits per heavy atom. The second-order valence-corrected chi connectivity index (χ2v) is 8.95. The van der Waals surface area contributed by atoms with E-state index in [0.29, 0.717) is 0 Å². The minimum atomic E-state index is -6.72. The summed E-state index contributed by atoms with van der Waals surface area (Å²) in [7, 11) is -11.3. The van der Waals surface area contributed by atoms with Gasteiger partial charge in [0.05, 0.1) is 13.6 Å². The van der Waals surface area contributed by atoms with Gasteiger partial charge >= 0.3 is 11.0 Å². The van der Waals surface area contributed by atoms with Crippen LogP contribution in [0.2, 0.25) is 0 Å². The normalized spacial score (nSPS) is 13.0. The number of quaternary nitrogens is 1. The van der Waals surface area contributed by atoms with Crippen LogP contribution in [0.25, 0.3) is 4.13 Å². The van der Waals surface area contributed by atoms with Gasteiger partial charge in [0.2, 0.25) is 0 Å². The van der Waals surface area contributed by atoms with Gasteiger partial charge in [-0.2, -0.15) is 26.3 Å². The molecule has 0 aliphatic carbocycles. The van der Waals surface area contributed by atoms with Crippen LogP contribution in [0, 0.1) is 5.92 Å². The van der Waals surface area contributed by atoms with E-state index in [1.54, 1.807) is 0 Å². The minimum Gasteiger partial charge on any atom is -0.421 e. The van der Waals surface area contributed by atoms with E-state index in [0.717, 1.165) is 22.9 Å². The maximum Gasteiger partial charge on any atom is 0.480 e. The van der Waals surface area contributed by atoms with E-state index in [1.807, 2.05) is 12.2 Å². The molecule has 0 radical (unpaired) electrons. The first-order chi connectivity index (χ1) is 12.6. The molecule has 0 aliphatic rings. The average molecular weight is 462 g/mol. The number of unbranched alkanes of at least 4 members (excludes halogenated alkanes) is 1. The van der Waals surface area contributed by atoms with E-state index >= 15 is 0 Å². The molecule has 0 spiro atoms. The Morgan fingerprint density at radius 2 is 1.29 bits per heavy atom. The standard InChI is InChI=1S/C12H23N.C2F6NO4S2/c1-4-8-12(9-5-2)10-6-7-11-13-3;3-1(4,5)14(10,11)9-15(12,13)2(6,7)8/h4-5,12-13H,1-2,6-11H2,3H3;/q;-1/p+1. The van der Waals surface area contributed by atoms with Crippen LogP contribution in [0.4, 0.5) is 26.3 Å². The van der Waals surface area contributed by atoms with Gasteiger partial charge in [-0.3, -0.25) is 0 Å². The number of rotatable bonds is 11. The zero-order valence-corrected chi connectivity index (χ0v) is 16.8. The van der Waals surface area contributed by atoms with Gasteiger partial charge in [-0.25, -0.2) is 16.8 Å². The van der Waals surface area contributed by atoms with Gasteiger partial charge in [-0.1, -0.05) is 12.2 Å². The highest BCUT2D eigenvalue weighted by atomic mass is 32.3. The summed E-state index contributed by atoms with van der Waals surface area (Å²) in [5.41, 5.74) is -12.4. The summed E-state index contributed by atoms with van der Waals surface area (Å²) in [5.74, 6) is 0.784. The van der Waals surface area contributed by atoms with Gasteiger partial charge in [0, 0.05) is 0 Å². The predicted molar refractivity (Wildman–Crippen MR) is 93.0 cm³/mol. The molecular formula is C14H24F6N2O4S2. The first-order valence-corrected chi connectivity index (χ1v) is 10.8. The van der Waals surface area contributed by atoms with E-state index in [-0.39, 0.29) is 0 Å². The zero-order valence-electron chi connectivity index (χ0n) is 15.1. The van der Waals surface area contributed by atoms with E-state index in [9.17, 15) is 43.2 Å². The smallest absolute Gasteiger partial charge is 0.421 e. The average Bonchev–Trinajstić information content (AvgIpc) is 2.49. The second kappa shape index (κ2) is 12.4. The summed E-state index contributed by atoms with van der Waals surface area (Å²) in [6, 6.07) is 0. The molecule has 0 aromatic heterocycles. The van der Waals surface area contributed by atoms with Crippen molar-refractivity contribution in [2.45, 2.75) is 43.1 Å². The minimum absolute atomic E-state index is 0.778. The molecule has 0 bridgehead atoms. The fourth-order valence-corrected chi connectivity index (χ4v) is 3.51. The summed E-state index contributed by atoms with van der Waals surface area (Å²) in [5, 5.41) is 2.25. The Bertz CT molecular complexity index is 621. The molecule has 0 saturated carbocycles. The van der Waals surface area contributed by atoms with Crippen LogP contribution < -0.4 is 5.32 Å². The first-order valence-electron chi connectivity index (χ1n) is 7.92. The molecule has 6 nitrogen and oxygen atoms in total. The van der Waals surface area contributed by atoms with Crippen LogP contribution in [0.5, 0.6) is 0 Å². The van der Waals surface area contributed by atoms with Crippen LogP contribution in [0.1, 0.15) is 32.1 Å². The van der Waals surface area contributed by atoms with Crippen LogP contribution in [0.3, 0.4) is 0 Å². The summed E-state index contributed by atoms with van der Waals surface area (Å²) >= 11 is 0. The lowest BCUT2D eigenvalue weighted by Crippen LogP contribution is -2.79. The number of nitrogens with zero attached hydrogens (tertiary/aromatic N) is 1. The fraction of sp³-hybridized carbons (Fsp3) is 0.714. The Kier molecular flexibility index (Phi) is 12.9. The summed E-state index contributed by atoms with van der Waals surface area (Å²) in [4.78, 5) is 0. The highest BCUT2D eigenvalue weighted by molar-refractivity contribution is 8.13. The summed E-state index contributed by atoms with van der Waals surface area (Å²) in [6.07, 6.45) is 10.3. The largest absolute Gasteiger partial charge is 0.480 e. The molecule has 0 aromatic rings. The van der Waals surface area contributed by atoms with Crippen molar-refractivity contribution < 1.29 is 48.5 Å². The Hall–Kier alpha value is -1.12. The zero-order chi connectivity index (χ0) is 22.6. The lowest BCUT2D eigenvalue weighted by atomic mass is 9.95. The number of alkyl halides is 6. The maximum absolute atomic E-state index is 11.4. The van der Waals surface area contributed by atoms with Gasteiger partial charge in [-0.05, 0) is 38.0 Å². The molecule has 14 heteroatoms. The molecule has 2 N–H and O–H groups in total. The number of nitrogens with two attached hydrogens (primary N) is 1. The van der Waals surface area contributed by atoms with E-state index in [4.69, 9.17) is 0 Å². The highest BCUT2D eigenvalue weighted by Crippen LogP contribution is 2.36. The quantitative estimate of drug-likeness (QED) is 0.290. The van der Waals surface area contributed by atoms with Crippen LogP contribution >= 0.6 is 0 Å². The Labute approximate surface area is 161 Å². The molecule has 0 aromatic carbocycles. The fourth-order valence-electron chi connectivity index (χ4n) is 1.80. The molecule has 0 fully saturated rings. The van der Waals surface area contributed by atoms with Crippen LogP contribution in [-0.2, 0) is 20.0 Å². The molecule has 28 heavy (non-hydrogen) atoms. The molecule has 0 rings (SSSR count). The van der Waals surface area contributed by atoms with Crippen molar-refractivity contribution in [3.05, 3.63) is 29.4 Å². The van der Waals surface area contributed by atoms with Gasteiger partial charge in [0.1, 0.15) is 0 Å². The number of halogens is 6. The van der Waals surface area contributed by atoms with Crippen LogP contribution in [-0.4, -0.2) is 41.4 Å². The van der Waals surface area contributed by atoms with Crippen LogP contribution in [0.15, 0.2) is 25.3 Å². The van der Waals surface area contributed by atoms with Crippen molar-refractivity contribution in [1.82, 2.24) is 0 Å². The Morgan fingerprint density at radius 3 is 1.57 bits per heavy atom. The molecule has 0 aliphatic heterocycles. The molecule has 0 saturated heterocycles. The SMILES string of the molecule is C=CCC(CC=C)CCCC[NH2+]C.O=S(=O)([N-]S(=O)(=O)C(F)(F)F)C(F)(F)F. The first kappa shape index (κ1) is 29.1. The summed E-state index contributed by atoms with van der Waals surface area (Å²) < 4.78 is 109. The Balaban J connectivity index is 0.